The van der Waals surface area contributed by atoms with Crippen molar-refractivity contribution in [3.8, 4) is 11.4 Å². The van der Waals surface area contributed by atoms with Gasteiger partial charge in [-0.2, -0.15) is 13.2 Å². The van der Waals surface area contributed by atoms with Crippen molar-refractivity contribution < 1.29 is 17.9 Å². The summed E-state index contributed by atoms with van der Waals surface area (Å²) in [6, 6.07) is 8.58. The molecule has 1 aromatic carbocycles. The maximum atomic E-state index is 12.9. The Labute approximate surface area is 136 Å². The quantitative estimate of drug-likeness (QED) is 0.708. The molecule has 0 aliphatic heterocycles. The van der Waals surface area contributed by atoms with Crippen LogP contribution in [0, 0.1) is 6.92 Å². The number of hydrogen-bond donors (Lipinski definition) is 0. The lowest BCUT2D eigenvalue weighted by Crippen LogP contribution is -2.07. The molecule has 4 nitrogen and oxygen atoms in total. The number of aryl methyl sites for hydroxylation is 1. The van der Waals surface area contributed by atoms with Gasteiger partial charge in [0, 0.05) is 18.4 Å². The van der Waals surface area contributed by atoms with Gasteiger partial charge in [0.2, 0.25) is 0 Å². The summed E-state index contributed by atoms with van der Waals surface area (Å²) < 4.78 is 45.9. The topological polar surface area (TPSA) is 39.9 Å². The molecule has 0 spiro atoms. The number of pyridine rings is 1. The van der Waals surface area contributed by atoms with E-state index in [-0.39, 0.29) is 12.2 Å². The number of nitrogens with zero attached hydrogens (tertiary/aromatic N) is 3. The van der Waals surface area contributed by atoms with Crippen LogP contribution in [0.4, 0.5) is 13.2 Å². The molecule has 0 fully saturated rings. The standard InChI is InChI=1S/C17H16F3N3O/c1-3-24-10-23-15(13-7-5-4-6-11(13)2)22-14-8-12(17(18,19)20)9-21-16(14)23/h4-9H,3,10H2,1-2H3. The smallest absolute Gasteiger partial charge is 0.361 e. The fourth-order valence-electron chi connectivity index (χ4n) is 2.50. The van der Waals surface area contributed by atoms with E-state index in [9.17, 15) is 13.2 Å². The van der Waals surface area contributed by atoms with Gasteiger partial charge in [-0.05, 0) is 25.5 Å². The van der Waals surface area contributed by atoms with Gasteiger partial charge < -0.3 is 4.74 Å². The highest BCUT2D eigenvalue weighted by Gasteiger charge is 2.32. The summed E-state index contributed by atoms with van der Waals surface area (Å²) in [5.41, 5.74) is 1.57. The van der Waals surface area contributed by atoms with Crippen LogP contribution in [0.5, 0.6) is 0 Å². The first-order valence-electron chi connectivity index (χ1n) is 7.49. The average Bonchev–Trinajstić information content (AvgIpc) is 2.90. The van der Waals surface area contributed by atoms with Crippen LogP contribution in [0.1, 0.15) is 18.1 Å². The van der Waals surface area contributed by atoms with E-state index in [4.69, 9.17) is 4.74 Å². The van der Waals surface area contributed by atoms with Crippen molar-refractivity contribution >= 4 is 11.2 Å². The maximum Gasteiger partial charge on any atom is 0.417 e. The number of alkyl halides is 3. The Kier molecular flexibility index (Phi) is 4.28. The van der Waals surface area contributed by atoms with E-state index in [0.29, 0.717) is 18.1 Å². The number of ether oxygens (including phenoxy) is 1. The van der Waals surface area contributed by atoms with Crippen LogP contribution in [0.15, 0.2) is 36.5 Å². The van der Waals surface area contributed by atoms with Crippen LogP contribution in [0.2, 0.25) is 0 Å². The van der Waals surface area contributed by atoms with Crippen molar-refractivity contribution in [3.63, 3.8) is 0 Å². The molecule has 0 saturated carbocycles. The molecular formula is C17H16F3N3O. The largest absolute Gasteiger partial charge is 0.417 e. The van der Waals surface area contributed by atoms with E-state index in [1.807, 2.05) is 38.1 Å². The zero-order chi connectivity index (χ0) is 17.3. The fraction of sp³-hybridized carbons (Fsp3) is 0.294. The molecule has 0 atom stereocenters. The van der Waals surface area contributed by atoms with Crippen LogP contribution in [0.25, 0.3) is 22.6 Å². The molecule has 3 rings (SSSR count). The van der Waals surface area contributed by atoms with Crippen LogP contribution in [-0.2, 0) is 17.6 Å². The molecule has 126 valence electrons. The second kappa shape index (κ2) is 6.24. The monoisotopic (exact) mass is 335 g/mol. The van der Waals surface area contributed by atoms with Gasteiger partial charge in [0.25, 0.3) is 0 Å². The minimum absolute atomic E-state index is 0.176. The number of benzene rings is 1. The minimum atomic E-state index is -4.45. The third kappa shape index (κ3) is 2.99. The van der Waals surface area contributed by atoms with Gasteiger partial charge in [0.05, 0.1) is 5.56 Å². The summed E-state index contributed by atoms with van der Waals surface area (Å²) in [4.78, 5) is 8.37. The molecule has 24 heavy (non-hydrogen) atoms. The van der Waals surface area contributed by atoms with Gasteiger partial charge >= 0.3 is 6.18 Å². The summed E-state index contributed by atoms with van der Waals surface area (Å²) in [6.07, 6.45) is -3.62. The molecule has 0 aliphatic rings. The van der Waals surface area contributed by atoms with Gasteiger partial charge in [-0.3, -0.25) is 4.57 Å². The zero-order valence-electron chi connectivity index (χ0n) is 13.3. The highest BCUT2D eigenvalue weighted by molar-refractivity contribution is 5.78. The molecule has 2 aromatic heterocycles. The van der Waals surface area contributed by atoms with Crippen molar-refractivity contribution in [3.05, 3.63) is 47.7 Å². The van der Waals surface area contributed by atoms with Gasteiger partial charge in [-0.1, -0.05) is 24.3 Å². The molecule has 0 amide bonds. The lowest BCUT2D eigenvalue weighted by Gasteiger charge is -2.10. The van der Waals surface area contributed by atoms with Gasteiger partial charge in [0.15, 0.2) is 5.65 Å². The molecule has 0 aliphatic carbocycles. The van der Waals surface area contributed by atoms with Crippen LogP contribution in [0.3, 0.4) is 0 Å². The van der Waals surface area contributed by atoms with Crippen LogP contribution >= 0.6 is 0 Å². The highest BCUT2D eigenvalue weighted by atomic mass is 19.4. The summed E-state index contributed by atoms with van der Waals surface area (Å²) in [5, 5.41) is 0. The third-order valence-electron chi connectivity index (χ3n) is 3.72. The first kappa shape index (κ1) is 16.4. The molecule has 2 heterocycles. The van der Waals surface area contributed by atoms with E-state index >= 15 is 0 Å². The Hall–Kier alpha value is -2.41. The number of imidazole rings is 1. The van der Waals surface area contributed by atoms with Crippen LogP contribution in [-0.4, -0.2) is 21.1 Å². The first-order valence-corrected chi connectivity index (χ1v) is 7.49. The average molecular weight is 335 g/mol. The fourth-order valence-corrected chi connectivity index (χ4v) is 2.50. The predicted molar refractivity (Wildman–Crippen MR) is 84.3 cm³/mol. The van der Waals surface area contributed by atoms with Crippen LogP contribution < -0.4 is 0 Å². The molecule has 0 unspecified atom stereocenters. The van der Waals surface area contributed by atoms with E-state index in [1.165, 1.54) is 0 Å². The number of hydrogen-bond acceptors (Lipinski definition) is 3. The Bertz CT molecular complexity index is 871. The van der Waals surface area contributed by atoms with Crippen molar-refractivity contribution in [2.24, 2.45) is 0 Å². The Morgan fingerprint density at radius 3 is 2.62 bits per heavy atom. The zero-order valence-corrected chi connectivity index (χ0v) is 13.3. The van der Waals surface area contributed by atoms with Gasteiger partial charge in [0.1, 0.15) is 18.1 Å². The Morgan fingerprint density at radius 2 is 1.96 bits per heavy atom. The number of fused-ring (bicyclic) bond motifs is 1. The lowest BCUT2D eigenvalue weighted by molar-refractivity contribution is -0.137. The number of halogens is 3. The maximum absolute atomic E-state index is 12.9. The van der Waals surface area contributed by atoms with E-state index < -0.39 is 11.7 Å². The lowest BCUT2D eigenvalue weighted by atomic mass is 10.1. The van der Waals surface area contributed by atoms with E-state index in [1.54, 1.807) is 4.57 Å². The third-order valence-corrected chi connectivity index (χ3v) is 3.72. The van der Waals surface area contributed by atoms with E-state index in [0.717, 1.165) is 23.4 Å². The molecule has 0 saturated heterocycles. The van der Waals surface area contributed by atoms with Gasteiger partial charge in [-0.15, -0.1) is 0 Å². The molecule has 7 heteroatoms. The molecule has 0 radical (unpaired) electrons. The van der Waals surface area contributed by atoms with Gasteiger partial charge in [-0.25, -0.2) is 9.97 Å². The summed E-state index contributed by atoms with van der Waals surface area (Å²) in [6.45, 7) is 4.43. The molecule has 0 bridgehead atoms. The van der Waals surface area contributed by atoms with E-state index in [2.05, 4.69) is 9.97 Å². The second-order valence-corrected chi connectivity index (χ2v) is 5.36. The van der Waals surface area contributed by atoms with Crippen molar-refractivity contribution in [2.75, 3.05) is 6.61 Å². The summed E-state index contributed by atoms with van der Waals surface area (Å²) in [7, 11) is 0. The summed E-state index contributed by atoms with van der Waals surface area (Å²) >= 11 is 0. The Balaban J connectivity index is 2.22. The van der Waals surface area contributed by atoms with Crippen molar-refractivity contribution in [1.29, 1.82) is 0 Å². The predicted octanol–water partition coefficient (Wildman–Crippen LogP) is 4.42. The molecular weight excluding hydrogens is 319 g/mol. The Morgan fingerprint density at radius 1 is 1.21 bits per heavy atom. The first-order chi connectivity index (χ1) is 11.4. The number of aromatic nitrogens is 3. The second-order valence-electron chi connectivity index (χ2n) is 5.36. The van der Waals surface area contributed by atoms with Crippen molar-refractivity contribution in [2.45, 2.75) is 26.8 Å². The normalized spacial score (nSPS) is 12.0. The van der Waals surface area contributed by atoms with Crippen molar-refractivity contribution in [1.82, 2.24) is 14.5 Å². The summed E-state index contributed by atoms with van der Waals surface area (Å²) in [5.74, 6) is 0.545. The SMILES string of the molecule is CCOCn1c(-c2ccccc2C)nc2cc(C(F)(F)F)cnc21. The minimum Gasteiger partial charge on any atom is -0.361 e. The molecule has 3 aromatic rings. The number of rotatable bonds is 4. The highest BCUT2D eigenvalue weighted by Crippen LogP contribution is 2.32. The molecule has 0 N–H and O–H groups in total.